The molecular weight excluding hydrogens is 333 g/mol. The van der Waals surface area contributed by atoms with Crippen molar-refractivity contribution in [3.8, 4) is 0 Å². The number of piperidine rings is 1. The Morgan fingerprint density at radius 3 is 2.73 bits per heavy atom. The smallest absolute Gasteiger partial charge is 0.256 e. The molecule has 0 saturated carbocycles. The fourth-order valence-electron chi connectivity index (χ4n) is 3.48. The summed E-state index contributed by atoms with van der Waals surface area (Å²) in [5, 5.41) is 11.0. The molecule has 0 unspecified atom stereocenters. The van der Waals surface area contributed by atoms with Crippen molar-refractivity contribution < 1.29 is 14.3 Å². The van der Waals surface area contributed by atoms with Crippen LogP contribution >= 0.6 is 0 Å². The minimum absolute atomic E-state index is 0.258. The van der Waals surface area contributed by atoms with Crippen LogP contribution in [0.15, 0.2) is 48.8 Å². The van der Waals surface area contributed by atoms with Crippen LogP contribution < -0.4 is 0 Å². The number of benzene rings is 1. The Labute approximate surface area is 153 Å². The second kappa shape index (κ2) is 7.93. The number of aliphatic hydroxyl groups is 1. The molecule has 1 saturated heterocycles. The Morgan fingerprint density at radius 1 is 1.27 bits per heavy atom. The number of likely N-dealkylation sites (N-methyl/N-ethyl adjacent to an activating group) is 1. The van der Waals surface area contributed by atoms with Crippen LogP contribution in [-0.4, -0.2) is 51.5 Å². The monoisotopic (exact) mass is 357 g/mol. The highest BCUT2D eigenvalue weighted by Crippen LogP contribution is 2.25. The Bertz CT molecular complexity index is 738. The zero-order valence-corrected chi connectivity index (χ0v) is 14.9. The van der Waals surface area contributed by atoms with Crippen molar-refractivity contribution in [3.63, 3.8) is 0 Å². The standard InChI is InChI=1S/C20H24FN3O2/c1-23(13-17-4-2-10-22-12-17)15-20(26)9-3-11-24(19(20)25)14-16-5-7-18(21)8-6-16/h2,4-8,10,12,26H,3,9,11,13-15H2,1H3/t20-/m1/s1. The first kappa shape index (κ1) is 18.5. The number of hydrogen-bond donors (Lipinski definition) is 1. The number of amides is 1. The van der Waals surface area contributed by atoms with Crippen molar-refractivity contribution in [1.29, 1.82) is 0 Å². The predicted octanol–water partition coefficient (Wildman–Crippen LogP) is 2.21. The van der Waals surface area contributed by atoms with Crippen LogP contribution in [-0.2, 0) is 17.9 Å². The summed E-state index contributed by atoms with van der Waals surface area (Å²) in [6, 6.07) is 9.95. The molecule has 1 aromatic heterocycles. The van der Waals surface area contributed by atoms with Gasteiger partial charge in [0.15, 0.2) is 5.60 Å². The van der Waals surface area contributed by atoms with Crippen molar-refractivity contribution >= 4 is 5.91 Å². The van der Waals surface area contributed by atoms with Gasteiger partial charge in [-0.15, -0.1) is 0 Å². The number of hydrogen-bond acceptors (Lipinski definition) is 4. The Hall–Kier alpha value is -2.31. The van der Waals surface area contributed by atoms with Gasteiger partial charge in [0, 0.05) is 38.6 Å². The van der Waals surface area contributed by atoms with E-state index in [0.29, 0.717) is 26.1 Å². The number of carbonyl (C=O) groups is 1. The second-order valence-electron chi connectivity index (χ2n) is 7.02. The van der Waals surface area contributed by atoms with Crippen molar-refractivity contribution in [2.45, 2.75) is 31.5 Å². The Kier molecular flexibility index (Phi) is 5.64. The number of rotatable bonds is 6. The zero-order valence-electron chi connectivity index (χ0n) is 14.9. The van der Waals surface area contributed by atoms with E-state index >= 15 is 0 Å². The third-order valence-corrected chi connectivity index (χ3v) is 4.70. The van der Waals surface area contributed by atoms with Crippen LogP contribution in [0, 0.1) is 5.82 Å². The van der Waals surface area contributed by atoms with Gasteiger partial charge in [-0.1, -0.05) is 18.2 Å². The molecule has 1 aliphatic rings. The normalized spacial score (nSPS) is 20.6. The van der Waals surface area contributed by atoms with Gasteiger partial charge in [0.25, 0.3) is 5.91 Å². The highest BCUT2D eigenvalue weighted by Gasteiger charge is 2.42. The lowest BCUT2D eigenvalue weighted by Crippen LogP contribution is -2.57. The van der Waals surface area contributed by atoms with Crippen molar-refractivity contribution in [3.05, 3.63) is 65.7 Å². The molecule has 0 bridgehead atoms. The number of halogens is 1. The molecule has 0 radical (unpaired) electrons. The van der Waals surface area contributed by atoms with E-state index in [0.717, 1.165) is 17.5 Å². The maximum atomic E-state index is 13.1. The summed E-state index contributed by atoms with van der Waals surface area (Å²) in [5.74, 6) is -0.557. The average molecular weight is 357 g/mol. The number of aromatic nitrogens is 1. The molecule has 0 spiro atoms. The van der Waals surface area contributed by atoms with Gasteiger partial charge in [-0.05, 0) is 49.2 Å². The predicted molar refractivity (Wildman–Crippen MR) is 96.6 cm³/mol. The highest BCUT2D eigenvalue weighted by atomic mass is 19.1. The number of likely N-dealkylation sites (tertiary alicyclic amines) is 1. The summed E-state index contributed by atoms with van der Waals surface area (Å²) in [5.41, 5.74) is 0.493. The summed E-state index contributed by atoms with van der Waals surface area (Å²) >= 11 is 0. The van der Waals surface area contributed by atoms with Crippen LogP contribution in [0.1, 0.15) is 24.0 Å². The number of carbonyl (C=O) groups excluding carboxylic acids is 1. The van der Waals surface area contributed by atoms with E-state index in [1.54, 1.807) is 29.4 Å². The van der Waals surface area contributed by atoms with Gasteiger partial charge in [-0.25, -0.2) is 4.39 Å². The average Bonchev–Trinajstić information content (AvgIpc) is 2.62. The third-order valence-electron chi connectivity index (χ3n) is 4.70. The molecule has 26 heavy (non-hydrogen) atoms. The fraction of sp³-hybridized carbons (Fsp3) is 0.400. The van der Waals surface area contributed by atoms with Crippen LogP contribution in [0.25, 0.3) is 0 Å². The van der Waals surface area contributed by atoms with Crippen LogP contribution in [0.2, 0.25) is 0 Å². The first-order valence-electron chi connectivity index (χ1n) is 8.80. The third kappa shape index (κ3) is 4.45. The molecule has 5 nitrogen and oxygen atoms in total. The second-order valence-corrected chi connectivity index (χ2v) is 7.02. The van der Waals surface area contributed by atoms with E-state index in [4.69, 9.17) is 0 Å². The van der Waals surface area contributed by atoms with Gasteiger partial charge in [0.05, 0.1) is 0 Å². The molecule has 1 aromatic carbocycles. The Balaban J connectivity index is 1.64. The molecule has 1 amide bonds. The summed E-state index contributed by atoms with van der Waals surface area (Å²) in [7, 11) is 1.89. The number of nitrogens with zero attached hydrogens (tertiary/aromatic N) is 3. The van der Waals surface area contributed by atoms with Crippen molar-refractivity contribution in [1.82, 2.24) is 14.8 Å². The van der Waals surface area contributed by atoms with Crippen LogP contribution in [0.5, 0.6) is 0 Å². The topological polar surface area (TPSA) is 56.7 Å². The zero-order chi connectivity index (χ0) is 18.6. The van der Waals surface area contributed by atoms with Gasteiger partial charge in [-0.2, -0.15) is 0 Å². The van der Waals surface area contributed by atoms with Crippen molar-refractivity contribution in [2.75, 3.05) is 20.1 Å². The molecule has 1 fully saturated rings. The maximum absolute atomic E-state index is 13.1. The summed E-state index contributed by atoms with van der Waals surface area (Å²) < 4.78 is 13.1. The van der Waals surface area contributed by atoms with Gasteiger partial charge >= 0.3 is 0 Å². The van der Waals surface area contributed by atoms with Crippen LogP contribution in [0.4, 0.5) is 4.39 Å². The van der Waals surface area contributed by atoms with E-state index < -0.39 is 5.60 Å². The van der Waals surface area contributed by atoms with Gasteiger partial charge < -0.3 is 10.0 Å². The minimum Gasteiger partial charge on any atom is -0.379 e. The first-order chi connectivity index (χ1) is 12.5. The summed E-state index contributed by atoms with van der Waals surface area (Å²) in [4.78, 5) is 20.6. The lowest BCUT2D eigenvalue weighted by atomic mass is 9.90. The van der Waals surface area contributed by atoms with Crippen molar-refractivity contribution in [2.24, 2.45) is 0 Å². The molecule has 1 N–H and O–H groups in total. The highest BCUT2D eigenvalue weighted by molar-refractivity contribution is 5.86. The van der Waals surface area contributed by atoms with Gasteiger partial charge in [-0.3, -0.25) is 14.7 Å². The molecular formula is C20H24FN3O2. The maximum Gasteiger partial charge on any atom is 0.256 e. The molecule has 0 aliphatic carbocycles. The quantitative estimate of drug-likeness (QED) is 0.861. The summed E-state index contributed by atoms with van der Waals surface area (Å²) in [6.45, 7) is 1.86. The largest absolute Gasteiger partial charge is 0.379 e. The van der Waals surface area contributed by atoms with Gasteiger partial charge in [0.2, 0.25) is 0 Å². The molecule has 1 atom stereocenters. The van der Waals surface area contributed by atoms with E-state index in [9.17, 15) is 14.3 Å². The minimum atomic E-state index is -1.39. The van der Waals surface area contributed by atoms with Gasteiger partial charge in [0.1, 0.15) is 5.82 Å². The molecule has 3 rings (SSSR count). The number of pyridine rings is 1. The molecule has 6 heteroatoms. The van der Waals surface area contributed by atoms with E-state index in [1.165, 1.54) is 12.1 Å². The molecule has 2 aromatic rings. The van der Waals surface area contributed by atoms with Crippen LogP contribution in [0.3, 0.4) is 0 Å². The van der Waals surface area contributed by atoms with E-state index in [1.807, 2.05) is 24.1 Å². The summed E-state index contributed by atoms with van der Waals surface area (Å²) in [6.07, 6.45) is 4.69. The fourth-order valence-corrected chi connectivity index (χ4v) is 3.48. The molecule has 1 aliphatic heterocycles. The van der Waals surface area contributed by atoms with E-state index in [-0.39, 0.29) is 18.3 Å². The lowest BCUT2D eigenvalue weighted by Gasteiger charge is -2.40. The Morgan fingerprint density at radius 2 is 2.04 bits per heavy atom. The SMILES string of the molecule is CN(Cc1cccnc1)C[C@]1(O)CCCN(Cc2ccc(F)cc2)C1=O. The lowest BCUT2D eigenvalue weighted by molar-refractivity contribution is -0.160. The molecule has 2 heterocycles. The first-order valence-corrected chi connectivity index (χ1v) is 8.80. The molecule has 138 valence electrons. The van der Waals surface area contributed by atoms with E-state index in [2.05, 4.69) is 4.98 Å².